The highest BCUT2D eigenvalue weighted by Gasteiger charge is 2.12. The van der Waals surface area contributed by atoms with Gasteiger partial charge in [-0.1, -0.05) is 23.4 Å². The number of nitrogens with zero attached hydrogens (tertiary/aromatic N) is 3. The van der Waals surface area contributed by atoms with Gasteiger partial charge in [-0.2, -0.15) is 0 Å². The molecule has 7 nitrogen and oxygen atoms in total. The highest BCUT2D eigenvalue weighted by Crippen LogP contribution is 2.22. The number of benzene rings is 2. The number of rotatable bonds is 10. The van der Waals surface area contributed by atoms with Crippen molar-refractivity contribution in [3.8, 4) is 5.75 Å². The molecular formula is C23H25ClN4O3S. The van der Waals surface area contributed by atoms with Gasteiger partial charge in [-0.25, -0.2) is 0 Å². The first kappa shape index (κ1) is 23.8. The molecule has 1 amide bonds. The number of ether oxygens (including phenoxy) is 1. The maximum atomic E-state index is 12.2. The number of thioether (sulfide) groups is 1. The summed E-state index contributed by atoms with van der Waals surface area (Å²) in [6, 6.07) is 12.4. The number of anilines is 1. The molecule has 0 bridgehead atoms. The molecular weight excluding hydrogens is 448 g/mol. The topological polar surface area (TPSA) is 86.1 Å². The van der Waals surface area contributed by atoms with Crippen molar-refractivity contribution in [2.75, 3.05) is 17.7 Å². The Morgan fingerprint density at radius 1 is 1.16 bits per heavy atom. The number of ketones is 1. The first-order valence-corrected chi connectivity index (χ1v) is 11.5. The molecule has 0 saturated heterocycles. The SMILES string of the molecule is CC(=O)c1ccc(NC(=O)CSc2nnc(CCCOc3ccc(Cl)cc3C)n2C)cc1. The lowest BCUT2D eigenvalue weighted by atomic mass is 10.1. The van der Waals surface area contributed by atoms with Crippen LogP contribution in [0.4, 0.5) is 5.69 Å². The van der Waals surface area contributed by atoms with Crippen molar-refractivity contribution in [3.63, 3.8) is 0 Å². The van der Waals surface area contributed by atoms with E-state index in [-0.39, 0.29) is 17.4 Å². The zero-order valence-electron chi connectivity index (χ0n) is 18.2. The van der Waals surface area contributed by atoms with E-state index in [1.54, 1.807) is 24.3 Å². The second-order valence-electron chi connectivity index (χ2n) is 7.29. The molecule has 9 heteroatoms. The Kier molecular flexibility index (Phi) is 8.30. The summed E-state index contributed by atoms with van der Waals surface area (Å²) >= 11 is 7.29. The third-order valence-corrected chi connectivity index (χ3v) is 6.03. The minimum Gasteiger partial charge on any atom is -0.493 e. The molecule has 2 aromatic carbocycles. The summed E-state index contributed by atoms with van der Waals surface area (Å²) in [6.07, 6.45) is 1.50. The van der Waals surface area contributed by atoms with Gasteiger partial charge >= 0.3 is 0 Å². The Balaban J connectivity index is 1.43. The van der Waals surface area contributed by atoms with E-state index in [0.29, 0.717) is 34.5 Å². The number of hydrogen-bond acceptors (Lipinski definition) is 6. The molecule has 32 heavy (non-hydrogen) atoms. The van der Waals surface area contributed by atoms with Crippen LogP contribution in [0.2, 0.25) is 5.02 Å². The van der Waals surface area contributed by atoms with E-state index in [1.807, 2.05) is 36.7 Å². The number of halogens is 1. The lowest BCUT2D eigenvalue weighted by molar-refractivity contribution is -0.113. The molecule has 0 fully saturated rings. The van der Waals surface area contributed by atoms with Crippen LogP contribution in [0.3, 0.4) is 0 Å². The quantitative estimate of drug-likeness (QED) is 0.261. The van der Waals surface area contributed by atoms with Crippen LogP contribution in [0.1, 0.15) is 35.1 Å². The predicted octanol–water partition coefficient (Wildman–Crippen LogP) is 4.72. The fraction of sp³-hybridized carbons (Fsp3) is 0.304. The van der Waals surface area contributed by atoms with Crippen molar-refractivity contribution >= 4 is 40.7 Å². The molecule has 0 spiro atoms. The van der Waals surface area contributed by atoms with Crippen LogP contribution in [0.5, 0.6) is 5.75 Å². The molecule has 1 aromatic heterocycles. The summed E-state index contributed by atoms with van der Waals surface area (Å²) in [6.45, 7) is 4.03. The van der Waals surface area contributed by atoms with Crippen LogP contribution in [0, 0.1) is 6.92 Å². The number of amides is 1. The number of Topliss-reactive ketones (excluding diaryl/α,β-unsaturated/α-hetero) is 1. The maximum absolute atomic E-state index is 12.2. The number of aryl methyl sites for hydroxylation is 2. The first-order valence-electron chi connectivity index (χ1n) is 10.1. The Morgan fingerprint density at radius 3 is 2.59 bits per heavy atom. The van der Waals surface area contributed by atoms with Gasteiger partial charge in [-0.3, -0.25) is 9.59 Å². The Morgan fingerprint density at radius 2 is 1.91 bits per heavy atom. The van der Waals surface area contributed by atoms with Gasteiger partial charge in [0.15, 0.2) is 10.9 Å². The number of nitrogens with one attached hydrogen (secondary N) is 1. The largest absolute Gasteiger partial charge is 0.493 e. The molecule has 0 aliphatic rings. The first-order chi connectivity index (χ1) is 15.3. The van der Waals surface area contributed by atoms with E-state index < -0.39 is 0 Å². The average Bonchev–Trinajstić information content (AvgIpc) is 3.11. The van der Waals surface area contributed by atoms with Crippen molar-refractivity contribution in [2.45, 2.75) is 31.8 Å². The monoisotopic (exact) mass is 472 g/mol. The zero-order valence-corrected chi connectivity index (χ0v) is 19.8. The van der Waals surface area contributed by atoms with Gasteiger partial charge in [0, 0.05) is 29.7 Å². The van der Waals surface area contributed by atoms with E-state index in [2.05, 4.69) is 15.5 Å². The fourth-order valence-electron chi connectivity index (χ4n) is 2.99. The van der Waals surface area contributed by atoms with E-state index in [1.165, 1.54) is 18.7 Å². The van der Waals surface area contributed by atoms with E-state index >= 15 is 0 Å². The van der Waals surface area contributed by atoms with Crippen LogP contribution in [0.25, 0.3) is 0 Å². The van der Waals surface area contributed by atoms with Crippen LogP contribution < -0.4 is 10.1 Å². The third-order valence-electron chi connectivity index (χ3n) is 4.77. The van der Waals surface area contributed by atoms with Crippen LogP contribution >= 0.6 is 23.4 Å². The summed E-state index contributed by atoms with van der Waals surface area (Å²) in [5, 5.41) is 12.6. The zero-order chi connectivity index (χ0) is 23.1. The Labute approximate surface area is 196 Å². The summed E-state index contributed by atoms with van der Waals surface area (Å²) in [4.78, 5) is 23.6. The maximum Gasteiger partial charge on any atom is 0.234 e. The summed E-state index contributed by atoms with van der Waals surface area (Å²) in [5.74, 6) is 1.71. The van der Waals surface area contributed by atoms with E-state index in [9.17, 15) is 9.59 Å². The van der Waals surface area contributed by atoms with E-state index in [0.717, 1.165) is 23.6 Å². The van der Waals surface area contributed by atoms with Gasteiger partial charge in [0.05, 0.1) is 12.4 Å². The lowest BCUT2D eigenvalue weighted by Gasteiger charge is -2.09. The Hall–Kier alpha value is -2.84. The minimum atomic E-state index is -0.151. The van der Waals surface area contributed by atoms with Gasteiger partial charge in [0.2, 0.25) is 5.91 Å². The highest BCUT2D eigenvalue weighted by molar-refractivity contribution is 7.99. The van der Waals surface area contributed by atoms with Crippen molar-refractivity contribution in [1.29, 1.82) is 0 Å². The molecule has 0 saturated carbocycles. The minimum absolute atomic E-state index is 0.0109. The molecule has 3 rings (SSSR count). The normalized spacial score (nSPS) is 10.8. The number of aromatic nitrogens is 3. The van der Waals surface area contributed by atoms with Crippen molar-refractivity contribution < 1.29 is 14.3 Å². The van der Waals surface area contributed by atoms with Crippen LogP contribution in [-0.2, 0) is 18.3 Å². The van der Waals surface area contributed by atoms with Crippen molar-refractivity contribution in [2.24, 2.45) is 7.05 Å². The number of carbonyl (C=O) groups is 2. The van der Waals surface area contributed by atoms with Gasteiger partial charge in [0.1, 0.15) is 11.6 Å². The van der Waals surface area contributed by atoms with E-state index in [4.69, 9.17) is 16.3 Å². The average molecular weight is 473 g/mol. The molecule has 0 aliphatic carbocycles. The van der Waals surface area contributed by atoms with Gasteiger partial charge in [-0.05, 0) is 68.3 Å². The summed E-state index contributed by atoms with van der Waals surface area (Å²) in [7, 11) is 1.89. The van der Waals surface area contributed by atoms with Gasteiger partial charge in [-0.15, -0.1) is 10.2 Å². The lowest BCUT2D eigenvalue weighted by Crippen LogP contribution is -2.14. The van der Waals surface area contributed by atoms with Gasteiger partial charge in [0.25, 0.3) is 0 Å². The third kappa shape index (κ3) is 6.58. The van der Waals surface area contributed by atoms with Crippen LogP contribution in [0.15, 0.2) is 47.6 Å². The summed E-state index contributed by atoms with van der Waals surface area (Å²) in [5.41, 5.74) is 2.26. The second kappa shape index (κ2) is 11.2. The number of hydrogen-bond donors (Lipinski definition) is 1. The molecule has 3 aromatic rings. The molecule has 0 atom stereocenters. The van der Waals surface area contributed by atoms with Crippen molar-refractivity contribution in [3.05, 3.63) is 64.4 Å². The molecule has 1 N–H and O–H groups in total. The standard InChI is InChI=1S/C23H25ClN4O3S/c1-15-13-18(24)8-11-20(15)31-12-4-5-21-26-27-23(28(21)3)32-14-22(30)25-19-9-6-17(7-10-19)16(2)29/h6-11,13H,4-5,12,14H2,1-3H3,(H,25,30). The molecule has 0 unspecified atom stereocenters. The molecule has 0 radical (unpaired) electrons. The molecule has 168 valence electrons. The smallest absolute Gasteiger partial charge is 0.234 e. The molecule has 1 heterocycles. The van der Waals surface area contributed by atoms with Gasteiger partial charge < -0.3 is 14.6 Å². The Bertz CT molecular complexity index is 1100. The number of carbonyl (C=O) groups excluding carboxylic acids is 2. The summed E-state index contributed by atoms with van der Waals surface area (Å²) < 4.78 is 7.72. The second-order valence-corrected chi connectivity index (χ2v) is 8.67. The highest BCUT2D eigenvalue weighted by atomic mass is 35.5. The predicted molar refractivity (Wildman–Crippen MR) is 127 cm³/mol. The van der Waals surface area contributed by atoms with Crippen LogP contribution in [-0.4, -0.2) is 38.8 Å². The van der Waals surface area contributed by atoms with Crippen molar-refractivity contribution in [1.82, 2.24) is 14.8 Å². The fourth-order valence-corrected chi connectivity index (χ4v) is 3.95. The molecule has 0 aliphatic heterocycles.